The normalized spacial score (nSPS) is 17.8. The minimum absolute atomic E-state index is 0.0736. The molecule has 0 saturated carbocycles. The highest BCUT2D eigenvalue weighted by molar-refractivity contribution is 7.94. The lowest BCUT2D eigenvalue weighted by molar-refractivity contribution is -0.137. The molecule has 0 N–H and O–H groups in total. The lowest BCUT2D eigenvalue weighted by atomic mass is 10.1. The molecule has 0 unspecified atom stereocenters. The van der Waals surface area contributed by atoms with Crippen LogP contribution in [-0.2, 0) is 16.0 Å². The second-order valence-electron chi connectivity index (χ2n) is 3.10. The van der Waals surface area contributed by atoms with E-state index in [1.165, 1.54) is 6.08 Å². The van der Waals surface area contributed by atoms with Crippen molar-refractivity contribution < 1.29 is 21.6 Å². The predicted molar refractivity (Wildman–Crippen MR) is 47.7 cm³/mol. The number of rotatable bonds is 0. The standard InChI is InChI=1S/C9H5F3O2S/c10-9(11,12)7-1-2-8-6(5-7)3-4-15(8,13)14/h1-5H. The van der Waals surface area contributed by atoms with Crippen LogP contribution in [0.5, 0.6) is 0 Å². The summed E-state index contributed by atoms with van der Waals surface area (Å²) >= 11 is 0. The average Bonchev–Trinajstić information content (AvgIpc) is 2.41. The van der Waals surface area contributed by atoms with E-state index in [1.807, 2.05) is 0 Å². The van der Waals surface area contributed by atoms with E-state index < -0.39 is 21.6 Å². The van der Waals surface area contributed by atoms with Gasteiger partial charge in [-0.3, -0.25) is 0 Å². The number of benzene rings is 1. The Kier molecular flexibility index (Phi) is 1.94. The Hall–Kier alpha value is -1.30. The van der Waals surface area contributed by atoms with E-state index in [0.717, 1.165) is 23.6 Å². The Balaban J connectivity index is 2.61. The Labute approximate surface area is 84.0 Å². The number of sulfone groups is 1. The molecule has 0 radical (unpaired) electrons. The zero-order valence-corrected chi connectivity index (χ0v) is 8.06. The third kappa shape index (κ3) is 1.65. The number of hydrogen-bond acceptors (Lipinski definition) is 2. The summed E-state index contributed by atoms with van der Waals surface area (Å²) in [7, 11) is -3.52. The number of hydrogen-bond donors (Lipinski definition) is 0. The molecule has 0 aromatic heterocycles. The molecular formula is C9H5F3O2S. The topological polar surface area (TPSA) is 34.1 Å². The molecule has 6 heteroatoms. The van der Waals surface area contributed by atoms with Gasteiger partial charge in [0.15, 0.2) is 9.84 Å². The van der Waals surface area contributed by atoms with E-state index >= 15 is 0 Å². The summed E-state index contributed by atoms with van der Waals surface area (Å²) in [6, 6.07) is 2.58. The molecule has 0 bridgehead atoms. The maximum atomic E-state index is 12.3. The first-order chi connectivity index (χ1) is 6.81. The van der Waals surface area contributed by atoms with Gasteiger partial charge in [0.05, 0.1) is 10.5 Å². The highest BCUT2D eigenvalue weighted by Crippen LogP contribution is 2.34. The minimum atomic E-state index is -4.45. The minimum Gasteiger partial charge on any atom is -0.219 e. The van der Waals surface area contributed by atoms with Crippen LogP contribution in [0.1, 0.15) is 11.1 Å². The fraction of sp³-hybridized carbons (Fsp3) is 0.111. The van der Waals surface area contributed by atoms with E-state index in [2.05, 4.69) is 0 Å². The Bertz CT molecular complexity index is 541. The quantitative estimate of drug-likeness (QED) is 0.691. The van der Waals surface area contributed by atoms with Crippen molar-refractivity contribution in [1.29, 1.82) is 0 Å². The molecule has 1 aliphatic rings. The third-order valence-electron chi connectivity index (χ3n) is 2.07. The molecule has 2 rings (SSSR count). The van der Waals surface area contributed by atoms with Gasteiger partial charge in [0.2, 0.25) is 0 Å². The number of alkyl halides is 3. The van der Waals surface area contributed by atoms with Crippen molar-refractivity contribution in [3.63, 3.8) is 0 Å². The van der Waals surface area contributed by atoms with Crippen LogP contribution in [0.3, 0.4) is 0 Å². The molecule has 0 aliphatic carbocycles. The molecule has 2 nitrogen and oxygen atoms in total. The first-order valence-electron chi connectivity index (χ1n) is 3.95. The summed E-state index contributed by atoms with van der Waals surface area (Å²) in [4.78, 5) is -0.0736. The highest BCUT2D eigenvalue weighted by Gasteiger charge is 2.32. The van der Waals surface area contributed by atoms with E-state index in [9.17, 15) is 21.6 Å². The fourth-order valence-electron chi connectivity index (χ4n) is 1.35. The molecule has 0 spiro atoms. The average molecular weight is 234 g/mol. The molecule has 1 aromatic rings. The van der Waals surface area contributed by atoms with Crippen LogP contribution in [0.15, 0.2) is 28.5 Å². The second kappa shape index (κ2) is 2.85. The van der Waals surface area contributed by atoms with Crippen molar-refractivity contribution in [2.45, 2.75) is 11.1 Å². The second-order valence-corrected chi connectivity index (χ2v) is 4.90. The third-order valence-corrected chi connectivity index (χ3v) is 3.55. The van der Waals surface area contributed by atoms with Gasteiger partial charge in [-0.15, -0.1) is 0 Å². The largest absolute Gasteiger partial charge is 0.416 e. The SMILES string of the molecule is O=S1(=O)C=Cc2cc(C(F)(F)F)ccc21. The summed E-state index contributed by atoms with van der Waals surface area (Å²) in [5.41, 5.74) is -0.757. The van der Waals surface area contributed by atoms with E-state index in [1.54, 1.807) is 0 Å². The predicted octanol–water partition coefficient (Wildman–Crippen LogP) is 2.46. The smallest absolute Gasteiger partial charge is 0.219 e. The molecule has 1 aliphatic heterocycles. The van der Waals surface area contributed by atoms with Crippen molar-refractivity contribution in [1.82, 2.24) is 0 Å². The zero-order valence-electron chi connectivity index (χ0n) is 7.25. The summed E-state index contributed by atoms with van der Waals surface area (Å²) in [6.45, 7) is 0. The van der Waals surface area contributed by atoms with Crippen LogP contribution in [0.4, 0.5) is 13.2 Å². The van der Waals surface area contributed by atoms with Crippen molar-refractivity contribution in [2.24, 2.45) is 0 Å². The molecule has 0 fully saturated rings. The zero-order chi connectivity index (χ0) is 11.3. The van der Waals surface area contributed by atoms with Crippen LogP contribution in [-0.4, -0.2) is 8.42 Å². The summed E-state index contributed by atoms with van der Waals surface area (Å²) in [6.07, 6.45) is -3.28. The van der Waals surface area contributed by atoms with E-state index in [4.69, 9.17) is 0 Å². The molecule has 1 aromatic carbocycles. The van der Waals surface area contributed by atoms with Gasteiger partial charge in [-0.2, -0.15) is 13.2 Å². The summed E-state index contributed by atoms with van der Waals surface area (Å²) < 4.78 is 59.3. The molecule has 0 saturated heterocycles. The molecule has 1 heterocycles. The molecular weight excluding hydrogens is 229 g/mol. The Morgan fingerprint density at radius 2 is 1.80 bits per heavy atom. The molecule has 0 amide bonds. The van der Waals surface area contributed by atoms with E-state index in [-0.39, 0.29) is 10.5 Å². The van der Waals surface area contributed by atoms with Crippen LogP contribution in [0.25, 0.3) is 6.08 Å². The Morgan fingerprint density at radius 1 is 1.13 bits per heavy atom. The van der Waals surface area contributed by atoms with Crippen LogP contribution >= 0.6 is 0 Å². The first-order valence-corrected chi connectivity index (χ1v) is 5.50. The van der Waals surface area contributed by atoms with Gasteiger partial charge in [0.25, 0.3) is 0 Å². The Morgan fingerprint density at radius 3 is 2.40 bits per heavy atom. The van der Waals surface area contributed by atoms with Gasteiger partial charge >= 0.3 is 6.18 Å². The maximum absolute atomic E-state index is 12.3. The number of fused-ring (bicyclic) bond motifs is 1. The van der Waals surface area contributed by atoms with Gasteiger partial charge in [-0.05, 0) is 29.8 Å². The monoisotopic (exact) mass is 234 g/mol. The first kappa shape index (κ1) is 10.2. The molecule has 0 atom stereocenters. The maximum Gasteiger partial charge on any atom is 0.416 e. The van der Waals surface area contributed by atoms with Crippen molar-refractivity contribution in [3.05, 3.63) is 34.7 Å². The van der Waals surface area contributed by atoms with Crippen LogP contribution in [0, 0.1) is 0 Å². The van der Waals surface area contributed by atoms with Gasteiger partial charge in [0.1, 0.15) is 0 Å². The van der Waals surface area contributed by atoms with Crippen molar-refractivity contribution in [2.75, 3.05) is 0 Å². The van der Waals surface area contributed by atoms with Crippen molar-refractivity contribution >= 4 is 15.9 Å². The lowest BCUT2D eigenvalue weighted by Gasteiger charge is -2.07. The fourth-order valence-corrected chi connectivity index (χ4v) is 2.54. The summed E-state index contributed by atoms with van der Waals surface area (Å²) in [5.74, 6) is 0. The molecule has 80 valence electrons. The number of halogens is 3. The van der Waals surface area contributed by atoms with Crippen LogP contribution in [0.2, 0.25) is 0 Å². The van der Waals surface area contributed by atoms with Gasteiger partial charge in [-0.1, -0.05) is 0 Å². The van der Waals surface area contributed by atoms with Gasteiger partial charge < -0.3 is 0 Å². The van der Waals surface area contributed by atoms with Crippen LogP contribution < -0.4 is 0 Å². The molecule has 15 heavy (non-hydrogen) atoms. The highest BCUT2D eigenvalue weighted by atomic mass is 32.2. The van der Waals surface area contributed by atoms with E-state index in [0.29, 0.717) is 0 Å². The lowest BCUT2D eigenvalue weighted by Crippen LogP contribution is -2.05. The van der Waals surface area contributed by atoms with Gasteiger partial charge in [-0.25, -0.2) is 8.42 Å². The van der Waals surface area contributed by atoms with Gasteiger partial charge in [0, 0.05) is 5.41 Å². The van der Waals surface area contributed by atoms with Crippen molar-refractivity contribution in [3.8, 4) is 0 Å². The summed E-state index contributed by atoms with van der Waals surface area (Å²) in [5, 5.41) is 0.901.